The van der Waals surface area contributed by atoms with Crippen LogP contribution in [0.2, 0.25) is 0 Å². The van der Waals surface area contributed by atoms with Gasteiger partial charge < -0.3 is 25.2 Å². The molecule has 0 fully saturated rings. The van der Waals surface area contributed by atoms with Gasteiger partial charge in [0.05, 0.1) is 19.2 Å². The van der Waals surface area contributed by atoms with Crippen molar-refractivity contribution < 1.29 is 34.1 Å². The Morgan fingerprint density at radius 3 is 2.48 bits per heavy atom. The second kappa shape index (κ2) is 15.7. The molecule has 0 bridgehead atoms. The van der Waals surface area contributed by atoms with Gasteiger partial charge in [-0.25, -0.2) is 9.59 Å². The Labute approximate surface area is 246 Å². The number of aryl methyl sites for hydroxylation is 2. The number of aromatic nitrogens is 1. The summed E-state index contributed by atoms with van der Waals surface area (Å²) < 4.78 is 5.35. The van der Waals surface area contributed by atoms with Crippen LogP contribution in [0.5, 0.6) is 5.75 Å². The third-order valence-corrected chi connectivity index (χ3v) is 7.44. The molecule has 3 N–H and O–H groups in total. The molecule has 1 aliphatic heterocycles. The highest BCUT2D eigenvalue weighted by atomic mass is 32.1. The topological polar surface area (TPSA) is 170 Å². The minimum Gasteiger partial charge on any atom is -0.496 e. The molecule has 1 aromatic carbocycles. The van der Waals surface area contributed by atoms with E-state index in [0.717, 1.165) is 27.3 Å². The number of carbonyl (C=O) groups is 4. The van der Waals surface area contributed by atoms with Crippen molar-refractivity contribution in [3.05, 3.63) is 88.1 Å². The first-order valence-electron chi connectivity index (χ1n) is 13.0. The second-order valence-electron chi connectivity index (χ2n) is 9.12. The number of para-hydroxylation sites is 1. The Kier molecular flexibility index (Phi) is 11.8. The fourth-order valence-corrected chi connectivity index (χ4v) is 5.50. The zero-order chi connectivity index (χ0) is 30.5. The molecule has 0 unspecified atom stereocenters. The first-order valence-corrected chi connectivity index (χ1v) is 13.8. The lowest BCUT2D eigenvalue weighted by Gasteiger charge is -2.27. The summed E-state index contributed by atoms with van der Waals surface area (Å²) in [5, 5.41) is 28.9. The lowest BCUT2D eigenvalue weighted by Crippen LogP contribution is -2.35. The summed E-state index contributed by atoms with van der Waals surface area (Å²) in [5.41, 5.74) is 3.47. The van der Waals surface area contributed by atoms with Crippen molar-refractivity contribution in [3.63, 3.8) is 0 Å². The average Bonchev–Trinajstić information content (AvgIpc) is 3.34. The van der Waals surface area contributed by atoms with E-state index in [1.165, 1.54) is 11.3 Å². The normalized spacial score (nSPS) is 12.0. The molecule has 218 valence electrons. The highest BCUT2D eigenvalue weighted by molar-refractivity contribution is 7.16. The molecular formula is C30H30N4O7S. The van der Waals surface area contributed by atoms with Crippen molar-refractivity contribution in [3.8, 4) is 11.8 Å². The summed E-state index contributed by atoms with van der Waals surface area (Å²) in [6.07, 6.45) is 7.13. The van der Waals surface area contributed by atoms with E-state index in [1.807, 2.05) is 41.3 Å². The minimum atomic E-state index is -1.26. The number of carbonyl (C=O) groups excluding carboxylic acids is 2. The largest absolute Gasteiger partial charge is 0.496 e. The molecule has 0 radical (unpaired) electrons. The number of ether oxygens (including phenoxy) is 1. The molecule has 0 saturated carbocycles. The first-order chi connectivity index (χ1) is 20.2. The maximum absolute atomic E-state index is 12.8. The molecule has 1 aliphatic rings. The zero-order valence-corrected chi connectivity index (χ0v) is 23.7. The number of thiophene rings is 1. The molecule has 0 aliphatic carbocycles. The lowest BCUT2D eigenvalue weighted by molar-refractivity contribution is -0.134. The fraction of sp³-hybridized carbons (Fsp3) is 0.267. The van der Waals surface area contributed by atoms with Crippen LogP contribution in [-0.2, 0) is 45.0 Å². The van der Waals surface area contributed by atoms with Crippen LogP contribution >= 0.6 is 11.3 Å². The zero-order valence-electron chi connectivity index (χ0n) is 22.9. The van der Waals surface area contributed by atoms with Gasteiger partial charge in [0.1, 0.15) is 16.8 Å². The summed E-state index contributed by atoms with van der Waals surface area (Å²) in [6, 6.07) is 13.7. The summed E-state index contributed by atoms with van der Waals surface area (Å²) in [6.45, 7) is 1.04. The standard InChI is InChI=1S/C26H26N4O3S.C4H4O4/c1-33-22-7-3-2-6-19(22)9-10-24(31)29-26-21(15-27)20-12-14-30(17-23(20)34-26)25(32)11-8-18-5-4-13-28-16-18;5-3(6)1-2-4(7)8/h2-7,13,16H,8-12,14,17H2,1H3,(H,29,31);1-2H,(H,5,6)(H,7,8)/b;2-1-. The van der Waals surface area contributed by atoms with Crippen LogP contribution in [0, 0.1) is 11.3 Å². The van der Waals surface area contributed by atoms with Crippen molar-refractivity contribution in [1.82, 2.24) is 9.88 Å². The van der Waals surface area contributed by atoms with Gasteiger partial charge in [-0.1, -0.05) is 24.3 Å². The van der Waals surface area contributed by atoms with Gasteiger partial charge in [0.25, 0.3) is 0 Å². The number of benzene rings is 1. The lowest BCUT2D eigenvalue weighted by atomic mass is 10.0. The monoisotopic (exact) mass is 590 g/mol. The van der Waals surface area contributed by atoms with Crippen LogP contribution in [-0.4, -0.2) is 57.5 Å². The number of rotatable bonds is 10. The molecule has 4 rings (SSSR count). The fourth-order valence-electron chi connectivity index (χ4n) is 4.27. The summed E-state index contributed by atoms with van der Waals surface area (Å²) in [5.74, 6) is -1.82. The molecule has 3 heterocycles. The van der Waals surface area contributed by atoms with Gasteiger partial charge in [-0.2, -0.15) is 5.26 Å². The van der Waals surface area contributed by atoms with Crippen LogP contribution in [0.3, 0.4) is 0 Å². The van der Waals surface area contributed by atoms with Crippen LogP contribution in [0.15, 0.2) is 60.9 Å². The predicted octanol–water partition coefficient (Wildman–Crippen LogP) is 3.82. The Morgan fingerprint density at radius 1 is 1.10 bits per heavy atom. The van der Waals surface area contributed by atoms with Gasteiger partial charge in [0.15, 0.2) is 0 Å². The van der Waals surface area contributed by atoms with Crippen molar-refractivity contribution in [2.45, 2.75) is 38.6 Å². The quantitative estimate of drug-likeness (QED) is 0.297. The van der Waals surface area contributed by atoms with Gasteiger partial charge in [0, 0.05) is 48.8 Å². The third-order valence-electron chi connectivity index (χ3n) is 6.31. The minimum absolute atomic E-state index is 0.0869. The predicted molar refractivity (Wildman–Crippen MR) is 155 cm³/mol. The van der Waals surface area contributed by atoms with Crippen molar-refractivity contribution in [1.29, 1.82) is 5.26 Å². The molecule has 42 heavy (non-hydrogen) atoms. The maximum atomic E-state index is 12.8. The van der Waals surface area contributed by atoms with Crippen LogP contribution in [0.4, 0.5) is 5.00 Å². The number of nitrogens with one attached hydrogen (secondary N) is 1. The van der Waals surface area contributed by atoms with Crippen LogP contribution in [0.25, 0.3) is 0 Å². The van der Waals surface area contributed by atoms with Gasteiger partial charge in [-0.05, 0) is 48.1 Å². The Hall–Kier alpha value is -5.02. The SMILES string of the molecule is COc1ccccc1CCC(=O)Nc1sc2c(c1C#N)CCN(C(=O)CCc1cccnc1)C2.O=C(O)/C=C\C(=O)O. The molecule has 0 atom stereocenters. The van der Waals surface area contributed by atoms with Crippen molar-refractivity contribution in [2.24, 2.45) is 0 Å². The number of amides is 2. The highest BCUT2D eigenvalue weighted by Crippen LogP contribution is 2.37. The molecule has 0 spiro atoms. The third kappa shape index (κ3) is 9.28. The number of hydrogen-bond donors (Lipinski definition) is 3. The molecular weight excluding hydrogens is 560 g/mol. The summed E-state index contributed by atoms with van der Waals surface area (Å²) >= 11 is 1.40. The van der Waals surface area contributed by atoms with Gasteiger partial charge in [-0.15, -0.1) is 11.3 Å². The van der Waals surface area contributed by atoms with E-state index in [9.17, 15) is 24.4 Å². The summed E-state index contributed by atoms with van der Waals surface area (Å²) in [7, 11) is 1.61. The number of nitriles is 1. The number of anilines is 1. The number of carboxylic acid groups (broad SMARTS) is 2. The molecule has 2 amide bonds. The first kappa shape index (κ1) is 31.5. The second-order valence-corrected chi connectivity index (χ2v) is 10.2. The Bertz CT molecular complexity index is 1480. The van der Waals surface area contributed by atoms with E-state index in [1.54, 1.807) is 19.5 Å². The average molecular weight is 591 g/mol. The van der Waals surface area contributed by atoms with Crippen molar-refractivity contribution in [2.75, 3.05) is 19.0 Å². The van der Waals surface area contributed by atoms with Crippen LogP contribution < -0.4 is 10.1 Å². The number of fused-ring (bicyclic) bond motifs is 1. The number of carboxylic acids is 2. The van der Waals surface area contributed by atoms with Gasteiger partial charge in [-0.3, -0.25) is 14.6 Å². The molecule has 0 saturated heterocycles. The highest BCUT2D eigenvalue weighted by Gasteiger charge is 2.27. The van der Waals surface area contributed by atoms with Crippen LogP contribution in [0.1, 0.15) is 40.0 Å². The van der Waals surface area contributed by atoms with E-state index >= 15 is 0 Å². The smallest absolute Gasteiger partial charge is 0.328 e. The molecule has 11 nitrogen and oxygen atoms in total. The van der Waals surface area contributed by atoms with E-state index in [-0.39, 0.29) is 18.2 Å². The number of hydrogen-bond acceptors (Lipinski definition) is 8. The van der Waals surface area contributed by atoms with Crippen molar-refractivity contribution >= 4 is 40.1 Å². The number of nitrogens with zero attached hydrogens (tertiary/aromatic N) is 3. The maximum Gasteiger partial charge on any atom is 0.328 e. The Balaban J connectivity index is 0.000000531. The van der Waals surface area contributed by atoms with Gasteiger partial charge >= 0.3 is 11.9 Å². The van der Waals surface area contributed by atoms with E-state index in [2.05, 4.69) is 16.4 Å². The van der Waals surface area contributed by atoms with E-state index in [4.69, 9.17) is 14.9 Å². The van der Waals surface area contributed by atoms with E-state index < -0.39 is 11.9 Å². The molecule has 3 aromatic rings. The summed E-state index contributed by atoms with van der Waals surface area (Å²) in [4.78, 5) is 51.4. The number of aliphatic carboxylic acids is 2. The molecule has 12 heteroatoms. The number of pyridine rings is 1. The van der Waals surface area contributed by atoms with Gasteiger partial charge in [0.2, 0.25) is 11.8 Å². The Morgan fingerprint density at radius 2 is 1.83 bits per heavy atom. The number of methoxy groups -OCH3 is 1. The van der Waals surface area contributed by atoms with E-state index in [0.29, 0.717) is 61.5 Å². The molecule has 2 aromatic heterocycles.